The summed E-state index contributed by atoms with van der Waals surface area (Å²) in [6.07, 6.45) is 84.0. The number of hydrogen-bond acceptors (Lipinski definition) is 7. The molecule has 454 valence electrons. The number of allylic oxidation sites excluding steroid dienone is 22. The first-order chi connectivity index (χ1) is 39.1. The van der Waals surface area contributed by atoms with Crippen molar-refractivity contribution in [2.75, 3.05) is 47.5 Å². The van der Waals surface area contributed by atoms with Gasteiger partial charge in [-0.25, -0.2) is 4.79 Å². The van der Waals surface area contributed by atoms with Crippen LogP contribution < -0.4 is 0 Å². The van der Waals surface area contributed by atoms with E-state index in [0.29, 0.717) is 23.9 Å². The zero-order valence-electron chi connectivity index (χ0n) is 51.7. The Morgan fingerprint density at radius 1 is 0.388 bits per heavy atom. The molecule has 0 heterocycles. The van der Waals surface area contributed by atoms with Crippen LogP contribution >= 0.6 is 0 Å². The standard InChI is InChI=1S/C71H117NO8/c1-6-8-10-12-14-16-18-20-22-23-24-25-26-27-28-29-30-31-32-33-34-35-36-37-38-39-40-41-42-43-44-45-46-47-48-50-52-54-56-58-60-62-69(74)80-67(66-79-71(70(75)76)77-64-63-72(3,4)5)65-78-68(73)61-59-57-55-53-51-49-21-19-17-15-13-11-9-7-2/h8,10,14,16,20,22,24-25,27-28,30-31,33-34,36-37,39-40,42-43,45-46,67,71H,6-7,9,11-13,15,17-19,21,23,26,29,32,35,38,41,44,47-66H2,1-5H3/p+1/b10-8-,16-14-,22-20-,25-24-,28-27-,31-30-,34-33-,37-36-,40-39-,43-42-,46-45-. The average Bonchev–Trinajstić information content (AvgIpc) is 3.43. The molecule has 2 unspecified atom stereocenters. The molecule has 2 atom stereocenters. The maximum Gasteiger partial charge on any atom is 0.361 e. The summed E-state index contributed by atoms with van der Waals surface area (Å²) in [5.74, 6) is -2.03. The smallest absolute Gasteiger partial charge is 0.361 e. The Morgan fingerprint density at radius 2 is 0.713 bits per heavy atom. The van der Waals surface area contributed by atoms with E-state index in [1.54, 1.807) is 0 Å². The molecule has 0 rings (SSSR count). The minimum Gasteiger partial charge on any atom is -0.477 e. The predicted octanol–water partition coefficient (Wildman–Crippen LogP) is 19.4. The number of quaternary nitrogens is 1. The molecule has 0 saturated carbocycles. The van der Waals surface area contributed by atoms with Crippen molar-refractivity contribution < 1.29 is 42.9 Å². The monoisotopic (exact) mass is 1110 g/mol. The Labute approximate surface area is 490 Å². The second-order valence-corrected chi connectivity index (χ2v) is 22.0. The Kier molecular flexibility index (Phi) is 57.1. The van der Waals surface area contributed by atoms with Crippen molar-refractivity contribution in [1.82, 2.24) is 0 Å². The van der Waals surface area contributed by atoms with Crippen LogP contribution in [0.2, 0.25) is 0 Å². The average molecular weight is 1110 g/mol. The quantitative estimate of drug-likeness (QED) is 0.0211. The summed E-state index contributed by atoms with van der Waals surface area (Å²) in [5.41, 5.74) is 0. The lowest BCUT2D eigenvalue weighted by Crippen LogP contribution is -2.40. The van der Waals surface area contributed by atoms with Gasteiger partial charge in [0.05, 0.1) is 34.4 Å². The maximum absolute atomic E-state index is 12.9. The van der Waals surface area contributed by atoms with Crippen LogP contribution in [0.25, 0.3) is 0 Å². The van der Waals surface area contributed by atoms with Gasteiger partial charge in [0.25, 0.3) is 6.29 Å². The molecule has 0 aliphatic heterocycles. The lowest BCUT2D eigenvalue weighted by Gasteiger charge is -2.25. The second-order valence-electron chi connectivity index (χ2n) is 22.0. The van der Waals surface area contributed by atoms with Crippen LogP contribution in [0.15, 0.2) is 134 Å². The molecule has 0 aliphatic carbocycles. The number of hydrogen-bond donors (Lipinski definition) is 1. The normalized spacial score (nSPS) is 13.7. The largest absolute Gasteiger partial charge is 0.477 e. The molecule has 0 aromatic heterocycles. The van der Waals surface area contributed by atoms with Crippen molar-refractivity contribution in [3.8, 4) is 0 Å². The van der Waals surface area contributed by atoms with Gasteiger partial charge >= 0.3 is 17.9 Å². The molecule has 0 aromatic rings. The zero-order valence-corrected chi connectivity index (χ0v) is 51.7. The summed E-state index contributed by atoms with van der Waals surface area (Å²) >= 11 is 0. The van der Waals surface area contributed by atoms with Crippen LogP contribution in [-0.2, 0) is 33.3 Å². The SMILES string of the molecule is CC/C=C\C/C=C\C/C=C\C/C=C\C/C=C\C/C=C\C/C=C\C/C=C\C/C=C\C/C=C\C/C=C\CCCCCCCCCC(=O)OC(COC(=O)CCCCCCCCCCCCCCCC)COC(OCC[N+](C)(C)C)C(=O)O. The lowest BCUT2D eigenvalue weighted by molar-refractivity contribution is -0.870. The van der Waals surface area contributed by atoms with E-state index >= 15 is 0 Å². The van der Waals surface area contributed by atoms with Crippen LogP contribution in [0, 0.1) is 0 Å². The highest BCUT2D eigenvalue weighted by Gasteiger charge is 2.25. The fourth-order valence-corrected chi connectivity index (χ4v) is 8.31. The highest BCUT2D eigenvalue weighted by atomic mass is 16.7. The highest BCUT2D eigenvalue weighted by Crippen LogP contribution is 2.15. The number of carbonyl (C=O) groups is 3. The Balaban J connectivity index is 4.17. The molecule has 0 amide bonds. The molecule has 9 nitrogen and oxygen atoms in total. The van der Waals surface area contributed by atoms with E-state index in [1.165, 1.54) is 89.9 Å². The minimum atomic E-state index is -1.52. The number of likely N-dealkylation sites (N-methyl/N-ethyl adjacent to an activating group) is 1. The molecule has 1 N–H and O–H groups in total. The number of esters is 2. The highest BCUT2D eigenvalue weighted by molar-refractivity contribution is 5.71. The van der Waals surface area contributed by atoms with E-state index < -0.39 is 24.3 Å². The van der Waals surface area contributed by atoms with Crippen LogP contribution in [0.5, 0.6) is 0 Å². The second kappa shape index (κ2) is 60.5. The van der Waals surface area contributed by atoms with E-state index in [0.717, 1.165) is 116 Å². The predicted molar refractivity (Wildman–Crippen MR) is 341 cm³/mol. The van der Waals surface area contributed by atoms with Crippen molar-refractivity contribution in [3.63, 3.8) is 0 Å². The van der Waals surface area contributed by atoms with Gasteiger partial charge < -0.3 is 28.5 Å². The van der Waals surface area contributed by atoms with E-state index in [2.05, 4.69) is 148 Å². The summed E-state index contributed by atoms with van der Waals surface area (Å²) in [5, 5.41) is 9.70. The summed E-state index contributed by atoms with van der Waals surface area (Å²) in [6.45, 7) is 4.74. The van der Waals surface area contributed by atoms with Crippen molar-refractivity contribution in [3.05, 3.63) is 134 Å². The third-order valence-corrected chi connectivity index (χ3v) is 13.2. The van der Waals surface area contributed by atoms with E-state index in [9.17, 15) is 19.5 Å². The Morgan fingerprint density at radius 3 is 1.06 bits per heavy atom. The minimum absolute atomic E-state index is 0.180. The number of unbranched alkanes of at least 4 members (excludes halogenated alkanes) is 20. The maximum atomic E-state index is 12.9. The van der Waals surface area contributed by atoms with Crippen LogP contribution in [0.4, 0.5) is 0 Å². The molecule has 9 heteroatoms. The van der Waals surface area contributed by atoms with E-state index in [4.69, 9.17) is 18.9 Å². The lowest BCUT2D eigenvalue weighted by atomic mass is 10.0. The first-order valence-corrected chi connectivity index (χ1v) is 31.8. The molecule has 0 fully saturated rings. The third kappa shape index (κ3) is 61.1. The number of carboxylic acids is 1. The third-order valence-electron chi connectivity index (χ3n) is 13.2. The van der Waals surface area contributed by atoms with Crippen LogP contribution in [-0.4, -0.2) is 87.4 Å². The molecular formula is C71H118NO8+. The fraction of sp³-hybridized carbons (Fsp3) is 0.648. The van der Waals surface area contributed by atoms with Gasteiger partial charge in [0.2, 0.25) is 0 Å². The summed E-state index contributed by atoms with van der Waals surface area (Å²) in [4.78, 5) is 37.4. The summed E-state index contributed by atoms with van der Waals surface area (Å²) < 4.78 is 22.9. The molecular weight excluding hydrogens is 995 g/mol. The van der Waals surface area contributed by atoms with Gasteiger partial charge in [0.1, 0.15) is 13.2 Å². The van der Waals surface area contributed by atoms with Gasteiger partial charge in [-0.15, -0.1) is 0 Å². The van der Waals surface area contributed by atoms with Gasteiger partial charge in [0.15, 0.2) is 6.10 Å². The van der Waals surface area contributed by atoms with Gasteiger partial charge in [0, 0.05) is 12.8 Å². The number of rotatable bonds is 57. The molecule has 0 saturated heterocycles. The molecule has 0 bridgehead atoms. The van der Waals surface area contributed by atoms with Crippen LogP contribution in [0.3, 0.4) is 0 Å². The number of carboxylic acid groups (broad SMARTS) is 1. The Bertz CT molecular complexity index is 1770. The number of carbonyl (C=O) groups excluding carboxylic acids is 2. The van der Waals surface area contributed by atoms with E-state index in [-0.39, 0.29) is 32.2 Å². The van der Waals surface area contributed by atoms with Gasteiger partial charge in [-0.2, -0.15) is 0 Å². The summed E-state index contributed by atoms with van der Waals surface area (Å²) in [6, 6.07) is 0. The van der Waals surface area contributed by atoms with E-state index in [1.807, 2.05) is 21.1 Å². The number of nitrogens with zero attached hydrogens (tertiary/aromatic N) is 1. The van der Waals surface area contributed by atoms with Gasteiger partial charge in [-0.05, 0) is 96.3 Å². The van der Waals surface area contributed by atoms with Gasteiger partial charge in [-0.1, -0.05) is 263 Å². The molecule has 0 spiro atoms. The van der Waals surface area contributed by atoms with Crippen molar-refractivity contribution in [1.29, 1.82) is 0 Å². The van der Waals surface area contributed by atoms with Crippen LogP contribution in [0.1, 0.15) is 239 Å². The Hall–Kier alpha value is -4.57. The van der Waals surface area contributed by atoms with Gasteiger partial charge in [-0.3, -0.25) is 9.59 Å². The topological polar surface area (TPSA) is 108 Å². The van der Waals surface area contributed by atoms with Crippen molar-refractivity contribution >= 4 is 17.9 Å². The fourth-order valence-electron chi connectivity index (χ4n) is 8.31. The first-order valence-electron chi connectivity index (χ1n) is 31.8. The zero-order chi connectivity index (χ0) is 58.3. The number of aliphatic carboxylic acids is 1. The van der Waals surface area contributed by atoms with Crippen molar-refractivity contribution in [2.24, 2.45) is 0 Å². The summed E-state index contributed by atoms with van der Waals surface area (Å²) in [7, 11) is 5.96. The first kappa shape index (κ1) is 75.4. The number of ether oxygens (including phenoxy) is 4. The molecule has 0 aromatic carbocycles. The molecule has 0 radical (unpaired) electrons. The molecule has 0 aliphatic rings. The molecule has 80 heavy (non-hydrogen) atoms. The van der Waals surface area contributed by atoms with Crippen molar-refractivity contribution in [2.45, 2.75) is 251 Å².